The first-order valence-corrected chi connectivity index (χ1v) is 8.69. The molecular weight excluding hydrogens is 304 g/mol. The van der Waals surface area contributed by atoms with Gasteiger partial charge in [-0.15, -0.1) is 0 Å². The van der Waals surface area contributed by atoms with Crippen LogP contribution in [0.4, 0.5) is 0 Å². The van der Waals surface area contributed by atoms with Gasteiger partial charge in [-0.3, -0.25) is 0 Å². The Bertz CT molecular complexity index is 997. The van der Waals surface area contributed by atoms with Crippen LogP contribution in [-0.2, 0) is 7.05 Å². The first-order valence-electron chi connectivity index (χ1n) is 8.69. The zero-order chi connectivity index (χ0) is 17.4. The van der Waals surface area contributed by atoms with Crippen molar-refractivity contribution in [1.82, 2.24) is 9.55 Å². The van der Waals surface area contributed by atoms with E-state index in [-0.39, 0.29) is 5.92 Å². The first kappa shape index (κ1) is 15.6. The second kappa shape index (κ2) is 6.21. The molecule has 0 amide bonds. The molecule has 2 nitrogen and oxygen atoms in total. The highest BCUT2D eigenvalue weighted by Gasteiger charge is 2.24. The standard InChI is InChI=1S/C23H22N2/c1-16-10-4-6-12-18(16)22(19-13-7-5-11-17(19)2)23-24-20-14-8-9-15-21(20)25(23)3/h4-15,22H,1-3H3. The Hall–Kier alpha value is -2.87. The molecule has 0 bridgehead atoms. The minimum Gasteiger partial charge on any atom is -0.330 e. The lowest BCUT2D eigenvalue weighted by Gasteiger charge is -2.22. The van der Waals surface area contributed by atoms with Crippen LogP contribution >= 0.6 is 0 Å². The van der Waals surface area contributed by atoms with Crippen molar-refractivity contribution in [2.45, 2.75) is 19.8 Å². The molecule has 25 heavy (non-hydrogen) atoms. The zero-order valence-corrected chi connectivity index (χ0v) is 14.9. The van der Waals surface area contributed by atoms with E-state index < -0.39 is 0 Å². The maximum atomic E-state index is 5.01. The predicted molar refractivity (Wildman–Crippen MR) is 104 cm³/mol. The van der Waals surface area contributed by atoms with Gasteiger partial charge in [0.1, 0.15) is 5.82 Å². The number of imidazole rings is 1. The second-order valence-electron chi connectivity index (χ2n) is 6.66. The Balaban J connectivity index is 2.02. The van der Waals surface area contributed by atoms with Gasteiger partial charge in [-0.1, -0.05) is 60.7 Å². The summed E-state index contributed by atoms with van der Waals surface area (Å²) in [7, 11) is 2.12. The highest BCUT2D eigenvalue weighted by Crippen LogP contribution is 2.35. The van der Waals surface area contributed by atoms with Crippen molar-refractivity contribution < 1.29 is 0 Å². The molecular formula is C23H22N2. The second-order valence-corrected chi connectivity index (χ2v) is 6.66. The van der Waals surface area contributed by atoms with E-state index in [4.69, 9.17) is 4.98 Å². The van der Waals surface area contributed by atoms with Gasteiger partial charge in [-0.25, -0.2) is 4.98 Å². The summed E-state index contributed by atoms with van der Waals surface area (Å²) < 4.78 is 2.24. The number of para-hydroxylation sites is 2. The van der Waals surface area contributed by atoms with E-state index >= 15 is 0 Å². The van der Waals surface area contributed by atoms with Crippen LogP contribution in [0.2, 0.25) is 0 Å². The summed E-state index contributed by atoms with van der Waals surface area (Å²) in [4.78, 5) is 5.01. The molecule has 4 aromatic rings. The number of aromatic nitrogens is 2. The topological polar surface area (TPSA) is 17.8 Å². The third kappa shape index (κ3) is 2.64. The quantitative estimate of drug-likeness (QED) is 0.495. The Morgan fingerprint density at radius 3 is 1.80 bits per heavy atom. The van der Waals surface area contributed by atoms with Crippen molar-refractivity contribution in [1.29, 1.82) is 0 Å². The highest BCUT2D eigenvalue weighted by atomic mass is 15.1. The molecule has 1 heterocycles. The molecule has 0 fully saturated rings. The lowest BCUT2D eigenvalue weighted by atomic mass is 9.85. The number of fused-ring (bicyclic) bond motifs is 1. The van der Waals surface area contributed by atoms with E-state index in [2.05, 4.69) is 98.3 Å². The van der Waals surface area contributed by atoms with E-state index in [9.17, 15) is 0 Å². The molecule has 1 aromatic heterocycles. The number of rotatable bonds is 3. The van der Waals surface area contributed by atoms with Crippen molar-refractivity contribution in [3.05, 3.63) is 101 Å². The Morgan fingerprint density at radius 1 is 0.720 bits per heavy atom. The highest BCUT2D eigenvalue weighted by molar-refractivity contribution is 5.76. The van der Waals surface area contributed by atoms with Gasteiger partial charge in [0.25, 0.3) is 0 Å². The first-order chi connectivity index (χ1) is 12.2. The van der Waals surface area contributed by atoms with Gasteiger partial charge in [0.05, 0.1) is 17.0 Å². The van der Waals surface area contributed by atoms with E-state index in [0.717, 1.165) is 11.3 Å². The summed E-state index contributed by atoms with van der Waals surface area (Å²) in [5, 5.41) is 0. The van der Waals surface area contributed by atoms with Crippen LogP contribution in [0.3, 0.4) is 0 Å². The van der Waals surface area contributed by atoms with Crippen LogP contribution in [0.25, 0.3) is 11.0 Å². The minimum atomic E-state index is 0.125. The largest absolute Gasteiger partial charge is 0.330 e. The molecule has 2 heteroatoms. The van der Waals surface area contributed by atoms with Crippen LogP contribution in [0, 0.1) is 13.8 Å². The summed E-state index contributed by atoms with van der Waals surface area (Å²) in [6.07, 6.45) is 0. The summed E-state index contributed by atoms with van der Waals surface area (Å²) in [5.41, 5.74) is 7.44. The van der Waals surface area contributed by atoms with Crippen LogP contribution in [0.1, 0.15) is 34.0 Å². The Morgan fingerprint density at radius 2 is 1.24 bits per heavy atom. The fourth-order valence-corrected chi connectivity index (χ4v) is 3.69. The number of nitrogens with zero attached hydrogens (tertiary/aromatic N) is 2. The monoisotopic (exact) mass is 326 g/mol. The van der Waals surface area contributed by atoms with E-state index in [1.54, 1.807) is 0 Å². The van der Waals surface area contributed by atoms with Gasteiger partial charge in [0, 0.05) is 7.05 Å². The maximum Gasteiger partial charge on any atom is 0.121 e. The van der Waals surface area contributed by atoms with Crippen molar-refractivity contribution in [2.24, 2.45) is 7.05 Å². The lowest BCUT2D eigenvalue weighted by Crippen LogP contribution is -2.12. The van der Waals surface area contributed by atoms with E-state index in [1.807, 2.05) is 0 Å². The van der Waals surface area contributed by atoms with Gasteiger partial charge in [-0.05, 0) is 48.2 Å². The number of aryl methyl sites for hydroxylation is 3. The summed E-state index contributed by atoms with van der Waals surface area (Å²) in [6.45, 7) is 4.37. The Kier molecular flexibility index (Phi) is 3.89. The van der Waals surface area contributed by atoms with Crippen LogP contribution in [0.5, 0.6) is 0 Å². The third-order valence-corrected chi connectivity index (χ3v) is 5.08. The molecule has 0 radical (unpaired) electrons. The fraction of sp³-hybridized carbons (Fsp3) is 0.174. The average Bonchev–Trinajstić information content (AvgIpc) is 2.95. The van der Waals surface area contributed by atoms with Crippen molar-refractivity contribution in [2.75, 3.05) is 0 Å². The van der Waals surface area contributed by atoms with E-state index in [1.165, 1.54) is 27.8 Å². The molecule has 0 aliphatic rings. The van der Waals surface area contributed by atoms with Gasteiger partial charge < -0.3 is 4.57 Å². The molecule has 0 aliphatic heterocycles. The van der Waals surface area contributed by atoms with Crippen molar-refractivity contribution >= 4 is 11.0 Å². The molecule has 0 N–H and O–H groups in total. The maximum absolute atomic E-state index is 5.01. The van der Waals surface area contributed by atoms with E-state index in [0.29, 0.717) is 0 Å². The van der Waals surface area contributed by atoms with Gasteiger partial charge >= 0.3 is 0 Å². The smallest absolute Gasteiger partial charge is 0.121 e. The lowest BCUT2D eigenvalue weighted by molar-refractivity contribution is 0.772. The molecule has 0 aliphatic carbocycles. The molecule has 0 saturated heterocycles. The summed E-state index contributed by atoms with van der Waals surface area (Å²) in [5.74, 6) is 1.21. The molecule has 124 valence electrons. The Labute approximate surface area is 148 Å². The predicted octanol–water partition coefficient (Wildman–Crippen LogP) is 5.37. The molecule has 0 spiro atoms. The molecule has 0 atom stereocenters. The van der Waals surface area contributed by atoms with Gasteiger partial charge in [0.15, 0.2) is 0 Å². The number of hydrogen-bond donors (Lipinski definition) is 0. The summed E-state index contributed by atoms with van der Waals surface area (Å²) >= 11 is 0. The third-order valence-electron chi connectivity index (χ3n) is 5.08. The van der Waals surface area contributed by atoms with Crippen molar-refractivity contribution in [3.63, 3.8) is 0 Å². The average molecular weight is 326 g/mol. The molecule has 0 saturated carbocycles. The molecule has 0 unspecified atom stereocenters. The van der Waals surface area contributed by atoms with Gasteiger partial charge in [-0.2, -0.15) is 0 Å². The van der Waals surface area contributed by atoms with Crippen LogP contribution in [0.15, 0.2) is 72.8 Å². The molecule has 3 aromatic carbocycles. The minimum absolute atomic E-state index is 0.125. The van der Waals surface area contributed by atoms with Crippen LogP contribution < -0.4 is 0 Å². The zero-order valence-electron chi connectivity index (χ0n) is 14.9. The number of hydrogen-bond acceptors (Lipinski definition) is 1. The van der Waals surface area contributed by atoms with Crippen molar-refractivity contribution in [3.8, 4) is 0 Å². The molecule has 4 rings (SSSR count). The summed E-state index contributed by atoms with van der Waals surface area (Å²) in [6, 6.07) is 25.6. The van der Waals surface area contributed by atoms with Gasteiger partial charge in [0.2, 0.25) is 0 Å². The number of benzene rings is 3. The van der Waals surface area contributed by atoms with Crippen LogP contribution in [-0.4, -0.2) is 9.55 Å². The fourth-order valence-electron chi connectivity index (χ4n) is 3.69. The SMILES string of the molecule is Cc1ccccc1C(c1ccccc1C)c1nc2ccccc2n1C. The normalized spacial score (nSPS) is 11.4.